The van der Waals surface area contributed by atoms with Crippen molar-refractivity contribution in [2.75, 3.05) is 0 Å². The van der Waals surface area contributed by atoms with Crippen LogP contribution < -0.4 is 0 Å². The van der Waals surface area contributed by atoms with E-state index >= 15 is 0 Å². The molecule has 18 heavy (non-hydrogen) atoms. The van der Waals surface area contributed by atoms with E-state index in [1.807, 2.05) is 19.4 Å². The minimum Gasteiger partial charge on any atom is -0.329 e. The van der Waals surface area contributed by atoms with E-state index in [0.717, 1.165) is 10.9 Å². The highest BCUT2D eigenvalue weighted by Crippen LogP contribution is 2.25. The molecule has 0 aliphatic rings. The number of halogens is 1. The smallest absolute Gasteiger partial charge is 0.167 e. The van der Waals surface area contributed by atoms with Crippen molar-refractivity contribution in [1.82, 2.24) is 9.55 Å². The van der Waals surface area contributed by atoms with Crippen molar-refractivity contribution in [2.24, 2.45) is 7.05 Å². The SMILES string of the molecule is Cc1cc(C)c(CSc2nccn2C)c(C)c1.Cl. The summed E-state index contributed by atoms with van der Waals surface area (Å²) in [4.78, 5) is 4.33. The Morgan fingerprint density at radius 3 is 2.28 bits per heavy atom. The van der Waals surface area contributed by atoms with Crippen molar-refractivity contribution < 1.29 is 0 Å². The van der Waals surface area contributed by atoms with Gasteiger partial charge in [-0.05, 0) is 37.5 Å². The highest BCUT2D eigenvalue weighted by atomic mass is 35.5. The van der Waals surface area contributed by atoms with Gasteiger partial charge in [0.2, 0.25) is 0 Å². The van der Waals surface area contributed by atoms with Crippen LogP contribution in [0.5, 0.6) is 0 Å². The molecule has 0 unspecified atom stereocenters. The van der Waals surface area contributed by atoms with Crippen LogP contribution in [-0.2, 0) is 12.8 Å². The summed E-state index contributed by atoms with van der Waals surface area (Å²) >= 11 is 1.79. The van der Waals surface area contributed by atoms with Crippen molar-refractivity contribution in [2.45, 2.75) is 31.7 Å². The summed E-state index contributed by atoms with van der Waals surface area (Å²) in [5, 5.41) is 1.07. The number of hydrogen-bond donors (Lipinski definition) is 0. The average molecular weight is 283 g/mol. The molecule has 0 saturated carbocycles. The Morgan fingerprint density at radius 1 is 1.17 bits per heavy atom. The lowest BCUT2D eigenvalue weighted by molar-refractivity contribution is 0.790. The summed E-state index contributed by atoms with van der Waals surface area (Å²) in [6.45, 7) is 6.53. The van der Waals surface area contributed by atoms with Gasteiger partial charge in [-0.1, -0.05) is 29.5 Å². The van der Waals surface area contributed by atoms with Crippen molar-refractivity contribution in [3.63, 3.8) is 0 Å². The van der Waals surface area contributed by atoms with Crippen LogP contribution in [0.25, 0.3) is 0 Å². The highest BCUT2D eigenvalue weighted by Gasteiger charge is 2.06. The minimum atomic E-state index is 0. The van der Waals surface area contributed by atoms with Crippen LogP contribution in [0.4, 0.5) is 0 Å². The molecule has 0 N–H and O–H groups in total. The molecule has 4 heteroatoms. The number of rotatable bonds is 3. The molecule has 0 fully saturated rings. The lowest BCUT2D eigenvalue weighted by atomic mass is 10.0. The summed E-state index contributed by atoms with van der Waals surface area (Å²) < 4.78 is 2.06. The third-order valence-corrected chi connectivity index (χ3v) is 4.05. The van der Waals surface area contributed by atoms with E-state index in [4.69, 9.17) is 0 Å². The first-order chi connectivity index (χ1) is 8.08. The van der Waals surface area contributed by atoms with Crippen molar-refractivity contribution in [3.05, 3.63) is 46.8 Å². The Bertz CT molecular complexity index is 511. The van der Waals surface area contributed by atoms with Gasteiger partial charge in [0.25, 0.3) is 0 Å². The Balaban J connectivity index is 0.00000162. The molecule has 0 atom stereocenters. The fourth-order valence-corrected chi connectivity index (χ4v) is 3.19. The van der Waals surface area contributed by atoms with E-state index in [1.54, 1.807) is 11.8 Å². The zero-order valence-electron chi connectivity index (χ0n) is 11.2. The predicted molar refractivity (Wildman–Crippen MR) is 80.7 cm³/mol. The zero-order chi connectivity index (χ0) is 12.4. The summed E-state index contributed by atoms with van der Waals surface area (Å²) in [5.41, 5.74) is 5.53. The molecule has 1 heterocycles. The normalized spacial score (nSPS) is 10.2. The van der Waals surface area contributed by atoms with Gasteiger partial charge in [0.05, 0.1) is 0 Å². The average Bonchev–Trinajstić information content (AvgIpc) is 2.62. The van der Waals surface area contributed by atoms with Gasteiger partial charge in [-0.15, -0.1) is 12.4 Å². The molecule has 98 valence electrons. The topological polar surface area (TPSA) is 17.8 Å². The fraction of sp³-hybridized carbons (Fsp3) is 0.357. The second-order valence-electron chi connectivity index (χ2n) is 4.49. The molecule has 2 aromatic rings. The maximum absolute atomic E-state index is 4.33. The quantitative estimate of drug-likeness (QED) is 0.790. The fourth-order valence-electron chi connectivity index (χ4n) is 2.07. The largest absolute Gasteiger partial charge is 0.329 e. The van der Waals surface area contributed by atoms with E-state index in [2.05, 4.69) is 42.5 Å². The molecular weight excluding hydrogens is 264 g/mol. The maximum Gasteiger partial charge on any atom is 0.167 e. The van der Waals surface area contributed by atoms with Gasteiger partial charge >= 0.3 is 0 Å². The Hall–Kier alpha value is -0.930. The Labute approximate surface area is 119 Å². The Morgan fingerprint density at radius 2 is 1.78 bits per heavy atom. The van der Waals surface area contributed by atoms with Gasteiger partial charge < -0.3 is 4.57 Å². The highest BCUT2D eigenvalue weighted by molar-refractivity contribution is 7.98. The van der Waals surface area contributed by atoms with E-state index in [1.165, 1.54) is 22.3 Å². The van der Waals surface area contributed by atoms with Gasteiger partial charge in [-0.25, -0.2) is 4.98 Å². The van der Waals surface area contributed by atoms with Crippen LogP contribution in [0.1, 0.15) is 22.3 Å². The van der Waals surface area contributed by atoms with Crippen molar-refractivity contribution in [1.29, 1.82) is 0 Å². The van der Waals surface area contributed by atoms with Crippen LogP contribution in [0, 0.1) is 20.8 Å². The maximum atomic E-state index is 4.33. The van der Waals surface area contributed by atoms with Crippen LogP contribution in [0.15, 0.2) is 29.7 Å². The van der Waals surface area contributed by atoms with Crippen LogP contribution in [0.2, 0.25) is 0 Å². The van der Waals surface area contributed by atoms with Gasteiger partial charge in [-0.3, -0.25) is 0 Å². The van der Waals surface area contributed by atoms with Crippen LogP contribution in [0.3, 0.4) is 0 Å². The number of thioether (sulfide) groups is 1. The number of benzene rings is 1. The molecule has 0 saturated heterocycles. The molecule has 0 bridgehead atoms. The van der Waals surface area contributed by atoms with Crippen LogP contribution in [-0.4, -0.2) is 9.55 Å². The second kappa shape index (κ2) is 6.30. The van der Waals surface area contributed by atoms with E-state index < -0.39 is 0 Å². The van der Waals surface area contributed by atoms with Gasteiger partial charge in [-0.2, -0.15) is 0 Å². The number of hydrogen-bond acceptors (Lipinski definition) is 2. The summed E-state index contributed by atoms with van der Waals surface area (Å²) in [7, 11) is 2.03. The molecule has 2 rings (SSSR count). The number of aryl methyl sites for hydroxylation is 4. The van der Waals surface area contributed by atoms with Crippen LogP contribution >= 0.6 is 24.2 Å². The molecule has 0 aliphatic carbocycles. The third kappa shape index (κ3) is 3.30. The second-order valence-corrected chi connectivity index (χ2v) is 5.43. The van der Waals surface area contributed by atoms with Gasteiger partial charge in [0.15, 0.2) is 5.16 Å². The summed E-state index contributed by atoms with van der Waals surface area (Å²) in [5.74, 6) is 0.989. The van der Waals surface area contributed by atoms with Crippen molar-refractivity contribution in [3.8, 4) is 0 Å². The molecule has 0 amide bonds. The molecular formula is C14H19ClN2S. The Kier molecular flexibility index (Phi) is 5.29. The third-order valence-electron chi connectivity index (χ3n) is 2.96. The standard InChI is InChI=1S/C14H18N2S.ClH/c1-10-7-11(2)13(12(3)8-10)9-17-14-15-5-6-16(14)4;/h5-8H,9H2,1-4H3;1H. The molecule has 0 radical (unpaired) electrons. The van der Waals surface area contributed by atoms with Gasteiger partial charge in [0.1, 0.15) is 0 Å². The number of aromatic nitrogens is 2. The molecule has 0 aliphatic heterocycles. The number of imidazole rings is 1. The zero-order valence-corrected chi connectivity index (χ0v) is 12.9. The number of nitrogens with zero attached hydrogens (tertiary/aromatic N) is 2. The first-order valence-electron chi connectivity index (χ1n) is 5.75. The van der Waals surface area contributed by atoms with Gasteiger partial charge in [0, 0.05) is 25.2 Å². The van der Waals surface area contributed by atoms with E-state index in [0.29, 0.717) is 0 Å². The predicted octanol–water partition coefficient (Wildman–Crippen LogP) is 4.06. The minimum absolute atomic E-state index is 0. The lowest BCUT2D eigenvalue weighted by Crippen LogP contribution is -1.95. The molecule has 0 spiro atoms. The molecule has 1 aromatic carbocycles. The monoisotopic (exact) mass is 282 g/mol. The molecule has 1 aromatic heterocycles. The van der Waals surface area contributed by atoms with Crippen molar-refractivity contribution >= 4 is 24.2 Å². The summed E-state index contributed by atoms with van der Waals surface area (Å²) in [6.07, 6.45) is 3.83. The summed E-state index contributed by atoms with van der Waals surface area (Å²) in [6, 6.07) is 4.50. The lowest BCUT2D eigenvalue weighted by Gasteiger charge is -2.10. The first kappa shape index (κ1) is 15.1. The first-order valence-corrected chi connectivity index (χ1v) is 6.73. The molecule has 2 nitrogen and oxygen atoms in total. The van der Waals surface area contributed by atoms with E-state index in [-0.39, 0.29) is 12.4 Å². The van der Waals surface area contributed by atoms with E-state index in [9.17, 15) is 0 Å².